The standard InChI is InChI=1S/C18H24N2O3S/c1-19(17-9-12-24(22,23)14-17)18(21)13-20-10-7-16(8-11-20)15-5-3-2-4-6-15/h2-7,17H,8-14H2,1H3/p+1/t17-/m1/s1. The van der Waals surface area contributed by atoms with Crippen molar-refractivity contribution >= 4 is 21.3 Å². The number of benzene rings is 1. The van der Waals surface area contributed by atoms with E-state index in [1.165, 1.54) is 16.0 Å². The topological polar surface area (TPSA) is 58.9 Å². The van der Waals surface area contributed by atoms with Crippen LogP contribution in [0.5, 0.6) is 0 Å². The number of quaternary nitrogens is 1. The molecule has 2 aliphatic heterocycles. The normalized spacial score (nSPS) is 26.0. The maximum atomic E-state index is 12.5. The van der Waals surface area contributed by atoms with E-state index in [0.29, 0.717) is 13.0 Å². The number of sulfone groups is 1. The average molecular weight is 349 g/mol. The van der Waals surface area contributed by atoms with Crippen molar-refractivity contribution in [1.29, 1.82) is 0 Å². The summed E-state index contributed by atoms with van der Waals surface area (Å²) in [6, 6.07) is 10.2. The lowest BCUT2D eigenvalue weighted by Crippen LogP contribution is -3.13. The number of hydrogen-bond donors (Lipinski definition) is 1. The highest BCUT2D eigenvalue weighted by atomic mass is 32.2. The summed E-state index contributed by atoms with van der Waals surface area (Å²) in [6.45, 7) is 2.21. The molecule has 0 aliphatic carbocycles. The van der Waals surface area contributed by atoms with E-state index in [9.17, 15) is 13.2 Å². The first kappa shape index (κ1) is 17.2. The molecule has 0 spiro atoms. The molecule has 1 fully saturated rings. The van der Waals surface area contributed by atoms with Gasteiger partial charge in [0.05, 0.1) is 24.6 Å². The molecule has 1 aromatic carbocycles. The third kappa shape index (κ3) is 4.05. The summed E-state index contributed by atoms with van der Waals surface area (Å²) in [4.78, 5) is 15.3. The molecule has 3 rings (SSSR count). The average Bonchev–Trinajstić information content (AvgIpc) is 2.95. The maximum Gasteiger partial charge on any atom is 0.277 e. The van der Waals surface area contributed by atoms with Crippen molar-refractivity contribution in [3.8, 4) is 0 Å². The summed E-state index contributed by atoms with van der Waals surface area (Å²) in [6.07, 6.45) is 3.76. The van der Waals surface area contributed by atoms with Crippen molar-refractivity contribution in [2.75, 3.05) is 38.2 Å². The van der Waals surface area contributed by atoms with Gasteiger partial charge < -0.3 is 9.80 Å². The predicted octanol–water partition coefficient (Wildman–Crippen LogP) is 0.00410. The van der Waals surface area contributed by atoms with E-state index in [4.69, 9.17) is 0 Å². The first-order valence-electron chi connectivity index (χ1n) is 8.49. The summed E-state index contributed by atoms with van der Waals surface area (Å²) >= 11 is 0. The smallest absolute Gasteiger partial charge is 0.277 e. The summed E-state index contributed by atoms with van der Waals surface area (Å²) < 4.78 is 23.2. The van der Waals surface area contributed by atoms with Crippen LogP contribution in [0.3, 0.4) is 0 Å². The number of nitrogens with one attached hydrogen (secondary N) is 1. The Morgan fingerprint density at radius 2 is 2.04 bits per heavy atom. The summed E-state index contributed by atoms with van der Waals surface area (Å²) in [5, 5.41) is 0. The quantitative estimate of drug-likeness (QED) is 0.833. The molecular weight excluding hydrogens is 324 g/mol. The molecule has 0 saturated carbocycles. The minimum Gasteiger partial charge on any atom is -0.337 e. The Morgan fingerprint density at radius 1 is 1.29 bits per heavy atom. The van der Waals surface area contributed by atoms with E-state index in [-0.39, 0.29) is 23.5 Å². The van der Waals surface area contributed by atoms with Crippen LogP contribution in [0.2, 0.25) is 0 Å². The molecule has 0 aromatic heterocycles. The van der Waals surface area contributed by atoms with E-state index < -0.39 is 9.84 Å². The number of rotatable bonds is 4. The second kappa shape index (κ2) is 7.07. The van der Waals surface area contributed by atoms with Crippen molar-refractivity contribution in [2.24, 2.45) is 0 Å². The molecule has 0 bridgehead atoms. The minimum absolute atomic E-state index is 0.0451. The fourth-order valence-corrected chi connectivity index (χ4v) is 5.26. The summed E-state index contributed by atoms with van der Waals surface area (Å²) in [7, 11) is -1.22. The molecule has 130 valence electrons. The Morgan fingerprint density at radius 3 is 2.62 bits per heavy atom. The molecule has 24 heavy (non-hydrogen) atoms. The van der Waals surface area contributed by atoms with Crippen molar-refractivity contribution < 1.29 is 18.1 Å². The lowest BCUT2D eigenvalue weighted by molar-refractivity contribution is -0.887. The van der Waals surface area contributed by atoms with Gasteiger partial charge in [-0.15, -0.1) is 0 Å². The third-order valence-corrected chi connectivity index (χ3v) is 6.83. The Bertz CT molecular complexity index is 728. The largest absolute Gasteiger partial charge is 0.337 e. The highest BCUT2D eigenvalue weighted by molar-refractivity contribution is 7.91. The van der Waals surface area contributed by atoms with Crippen LogP contribution in [0.1, 0.15) is 18.4 Å². The van der Waals surface area contributed by atoms with Gasteiger partial charge in [0.25, 0.3) is 5.91 Å². The van der Waals surface area contributed by atoms with Crippen LogP contribution in [-0.4, -0.2) is 63.5 Å². The number of amides is 1. The first-order valence-corrected chi connectivity index (χ1v) is 10.3. The van der Waals surface area contributed by atoms with Crippen LogP contribution in [0.25, 0.3) is 5.57 Å². The fraction of sp³-hybridized carbons (Fsp3) is 0.500. The van der Waals surface area contributed by atoms with Gasteiger partial charge in [-0.2, -0.15) is 0 Å². The second-order valence-corrected chi connectivity index (χ2v) is 9.02. The number of hydrogen-bond acceptors (Lipinski definition) is 3. The highest BCUT2D eigenvalue weighted by Gasteiger charge is 2.33. The predicted molar refractivity (Wildman–Crippen MR) is 94.4 cm³/mol. The molecule has 2 heterocycles. The minimum atomic E-state index is -2.96. The van der Waals surface area contributed by atoms with Crippen LogP contribution < -0.4 is 4.90 Å². The SMILES string of the molecule is CN(C(=O)C[NH+]1CC=C(c2ccccc2)CC1)[C@@H]1CCS(=O)(=O)C1. The van der Waals surface area contributed by atoms with Gasteiger partial charge in [-0.1, -0.05) is 30.3 Å². The zero-order valence-corrected chi connectivity index (χ0v) is 14.9. The number of likely N-dealkylation sites (N-methyl/N-ethyl adjacent to an activating group) is 1. The molecule has 1 amide bonds. The molecule has 6 heteroatoms. The lowest BCUT2D eigenvalue weighted by Gasteiger charge is -2.28. The Labute approximate surface area is 143 Å². The van der Waals surface area contributed by atoms with E-state index in [1.54, 1.807) is 11.9 Å². The molecule has 1 aromatic rings. The fourth-order valence-electron chi connectivity index (χ4n) is 3.48. The van der Waals surface area contributed by atoms with Gasteiger partial charge in [0.15, 0.2) is 16.4 Å². The molecule has 2 aliphatic rings. The van der Waals surface area contributed by atoms with Gasteiger partial charge in [-0.3, -0.25) is 4.79 Å². The number of carbonyl (C=O) groups excluding carboxylic acids is 1. The zero-order chi connectivity index (χ0) is 17.2. The van der Waals surface area contributed by atoms with E-state index in [2.05, 4.69) is 18.2 Å². The first-order chi connectivity index (χ1) is 11.4. The van der Waals surface area contributed by atoms with E-state index >= 15 is 0 Å². The van der Waals surface area contributed by atoms with Gasteiger partial charge in [0.1, 0.15) is 0 Å². The molecule has 5 nitrogen and oxygen atoms in total. The van der Waals surface area contributed by atoms with Crippen LogP contribution in [0, 0.1) is 0 Å². The van der Waals surface area contributed by atoms with Crippen LogP contribution in [0.15, 0.2) is 36.4 Å². The van der Waals surface area contributed by atoms with Crippen molar-refractivity contribution in [3.05, 3.63) is 42.0 Å². The van der Waals surface area contributed by atoms with Gasteiger partial charge in [-0.05, 0) is 23.6 Å². The lowest BCUT2D eigenvalue weighted by atomic mass is 9.99. The molecular formula is C18H25N2O3S+. The highest BCUT2D eigenvalue weighted by Crippen LogP contribution is 2.18. The van der Waals surface area contributed by atoms with Crippen LogP contribution in [0.4, 0.5) is 0 Å². The maximum absolute atomic E-state index is 12.5. The second-order valence-electron chi connectivity index (χ2n) is 6.79. The molecule has 1 N–H and O–H groups in total. The monoisotopic (exact) mass is 349 g/mol. The Balaban J connectivity index is 1.54. The Hall–Kier alpha value is -1.66. The van der Waals surface area contributed by atoms with Crippen LogP contribution in [-0.2, 0) is 14.6 Å². The molecule has 2 atom stereocenters. The van der Waals surface area contributed by atoms with Gasteiger partial charge in [-0.25, -0.2) is 8.42 Å². The molecule has 0 radical (unpaired) electrons. The molecule has 1 unspecified atom stereocenters. The van der Waals surface area contributed by atoms with E-state index in [0.717, 1.165) is 19.5 Å². The van der Waals surface area contributed by atoms with Crippen molar-refractivity contribution in [3.63, 3.8) is 0 Å². The molecule has 1 saturated heterocycles. The van der Waals surface area contributed by atoms with E-state index in [1.807, 2.05) is 18.2 Å². The number of nitrogens with zero attached hydrogens (tertiary/aromatic N) is 1. The summed E-state index contributed by atoms with van der Waals surface area (Å²) in [5.74, 6) is 0.362. The Kier molecular flexibility index (Phi) is 5.06. The zero-order valence-electron chi connectivity index (χ0n) is 14.1. The van der Waals surface area contributed by atoms with Gasteiger partial charge in [0.2, 0.25) is 0 Å². The van der Waals surface area contributed by atoms with Crippen molar-refractivity contribution in [1.82, 2.24) is 4.90 Å². The van der Waals surface area contributed by atoms with Crippen LogP contribution >= 0.6 is 0 Å². The third-order valence-electron chi connectivity index (χ3n) is 5.08. The van der Waals surface area contributed by atoms with Gasteiger partial charge in [0, 0.05) is 19.5 Å². The number of carbonyl (C=O) groups is 1. The summed E-state index contributed by atoms with van der Waals surface area (Å²) in [5.41, 5.74) is 2.61. The van der Waals surface area contributed by atoms with Gasteiger partial charge >= 0.3 is 0 Å². The van der Waals surface area contributed by atoms with Crippen molar-refractivity contribution in [2.45, 2.75) is 18.9 Å².